The molecule has 0 aliphatic heterocycles. The summed E-state index contributed by atoms with van der Waals surface area (Å²) in [7, 11) is 1.73. The van der Waals surface area contributed by atoms with Crippen molar-refractivity contribution in [2.75, 3.05) is 0 Å². The van der Waals surface area contributed by atoms with Gasteiger partial charge in [0.05, 0.1) is 11.4 Å². The molecule has 2 aromatic rings. The van der Waals surface area contributed by atoms with Gasteiger partial charge in [-0.25, -0.2) is 4.39 Å². The summed E-state index contributed by atoms with van der Waals surface area (Å²) in [6, 6.07) is 4.01. The molecule has 1 aromatic heterocycles. The van der Waals surface area contributed by atoms with Crippen molar-refractivity contribution < 1.29 is 14.3 Å². The van der Waals surface area contributed by atoms with E-state index in [1.54, 1.807) is 18.7 Å². The molecule has 0 spiro atoms. The van der Waals surface area contributed by atoms with Crippen LogP contribution in [-0.2, 0) is 13.7 Å². The fourth-order valence-electron chi connectivity index (χ4n) is 1.96. The number of ether oxygens (including phenoxy) is 1. The summed E-state index contributed by atoms with van der Waals surface area (Å²) in [5.41, 5.74) is 2.32. The first-order valence-corrected chi connectivity index (χ1v) is 6.61. The van der Waals surface area contributed by atoms with Crippen LogP contribution in [-0.4, -0.2) is 20.7 Å². The Morgan fingerprint density at radius 3 is 2.81 bits per heavy atom. The molecule has 0 fully saturated rings. The minimum atomic E-state index is -0.437. The van der Waals surface area contributed by atoms with E-state index in [0.717, 1.165) is 11.3 Å². The molecule has 1 aromatic carbocycles. The number of aromatic nitrogens is 2. The molecule has 5 nitrogen and oxygen atoms in total. The highest BCUT2D eigenvalue weighted by atomic mass is 35.5. The lowest BCUT2D eigenvalue weighted by atomic mass is 10.1. The Morgan fingerprint density at radius 1 is 1.52 bits per heavy atom. The second kappa shape index (κ2) is 6.13. The van der Waals surface area contributed by atoms with E-state index in [9.17, 15) is 4.39 Å². The topological polar surface area (TPSA) is 59.6 Å². The fraction of sp³-hybridized carbons (Fsp3) is 0.286. The molecule has 0 bridgehead atoms. The van der Waals surface area contributed by atoms with Crippen LogP contribution in [0.4, 0.5) is 4.39 Å². The zero-order chi connectivity index (χ0) is 15.6. The minimum absolute atomic E-state index is 0.146. The lowest BCUT2D eigenvalue weighted by Crippen LogP contribution is -2.04. The highest BCUT2D eigenvalue weighted by molar-refractivity contribution is 6.30. The normalized spacial score (nSPS) is 11.8. The van der Waals surface area contributed by atoms with Gasteiger partial charge in [0, 0.05) is 24.2 Å². The van der Waals surface area contributed by atoms with E-state index in [-0.39, 0.29) is 12.4 Å². The maximum atomic E-state index is 13.4. The van der Waals surface area contributed by atoms with E-state index < -0.39 is 5.82 Å². The van der Waals surface area contributed by atoms with Gasteiger partial charge in [-0.3, -0.25) is 4.68 Å². The molecule has 0 radical (unpaired) electrons. The van der Waals surface area contributed by atoms with Crippen LogP contribution in [0.1, 0.15) is 23.7 Å². The summed E-state index contributed by atoms with van der Waals surface area (Å²) >= 11 is 6.12. The number of hydrogen-bond donors (Lipinski definition) is 1. The molecule has 0 aliphatic carbocycles. The third-order valence-electron chi connectivity index (χ3n) is 3.13. The van der Waals surface area contributed by atoms with Crippen LogP contribution < -0.4 is 4.74 Å². The Hall–Kier alpha value is -2.08. The van der Waals surface area contributed by atoms with E-state index in [1.165, 1.54) is 18.2 Å². The van der Waals surface area contributed by atoms with Crippen LogP contribution in [0, 0.1) is 12.7 Å². The highest BCUT2D eigenvalue weighted by Crippen LogP contribution is 2.25. The van der Waals surface area contributed by atoms with Crippen LogP contribution in [0.3, 0.4) is 0 Å². The molecule has 1 heterocycles. The van der Waals surface area contributed by atoms with Crippen LogP contribution >= 0.6 is 11.6 Å². The van der Waals surface area contributed by atoms with Gasteiger partial charge in [0.15, 0.2) is 0 Å². The van der Waals surface area contributed by atoms with Crippen molar-refractivity contribution in [3.05, 3.63) is 46.0 Å². The predicted octanol–water partition coefficient (Wildman–Crippen LogP) is 3.30. The maximum Gasteiger partial charge on any atom is 0.133 e. The van der Waals surface area contributed by atoms with Gasteiger partial charge in [0.2, 0.25) is 0 Å². The minimum Gasteiger partial charge on any atom is -0.488 e. The van der Waals surface area contributed by atoms with Crippen molar-refractivity contribution in [1.29, 1.82) is 0 Å². The molecule has 0 saturated heterocycles. The first-order valence-electron chi connectivity index (χ1n) is 6.23. The first-order chi connectivity index (χ1) is 9.93. The third-order valence-corrected chi connectivity index (χ3v) is 3.60. The number of benzene rings is 1. The predicted molar refractivity (Wildman–Crippen MR) is 77.7 cm³/mol. The van der Waals surface area contributed by atoms with E-state index >= 15 is 0 Å². The lowest BCUT2D eigenvalue weighted by Gasteiger charge is -2.11. The Bertz CT molecular complexity index is 698. The summed E-state index contributed by atoms with van der Waals surface area (Å²) in [4.78, 5) is 0. The van der Waals surface area contributed by atoms with Gasteiger partial charge in [-0.15, -0.1) is 0 Å². The highest BCUT2D eigenvalue weighted by Gasteiger charge is 2.14. The molecule has 7 heteroatoms. The fourth-order valence-corrected chi connectivity index (χ4v) is 2.19. The molecule has 0 amide bonds. The molecule has 0 aliphatic rings. The smallest absolute Gasteiger partial charge is 0.133 e. The Balaban J connectivity index is 2.29. The Labute approximate surface area is 126 Å². The molecule has 0 unspecified atom stereocenters. The van der Waals surface area contributed by atoms with Crippen molar-refractivity contribution >= 4 is 17.3 Å². The molecule has 0 saturated carbocycles. The average Bonchev–Trinajstić information content (AvgIpc) is 2.69. The van der Waals surface area contributed by atoms with E-state index in [1.807, 2.05) is 6.92 Å². The SMILES string of the molecule is C/C(=N/O)c1ccc(F)cc1OCc1c(C)nn(C)c1Cl. The largest absolute Gasteiger partial charge is 0.488 e. The number of rotatable bonds is 4. The zero-order valence-corrected chi connectivity index (χ0v) is 12.6. The molecular formula is C14H15ClFN3O2. The van der Waals surface area contributed by atoms with Crippen LogP contribution in [0.5, 0.6) is 5.75 Å². The van der Waals surface area contributed by atoms with Crippen LogP contribution in [0.25, 0.3) is 0 Å². The number of oxime groups is 1. The molecule has 112 valence electrons. The van der Waals surface area contributed by atoms with Crippen LogP contribution in [0.2, 0.25) is 5.15 Å². The molecule has 1 N–H and O–H groups in total. The Morgan fingerprint density at radius 2 is 2.24 bits per heavy atom. The van der Waals surface area contributed by atoms with Gasteiger partial charge < -0.3 is 9.94 Å². The van der Waals surface area contributed by atoms with Crippen molar-refractivity contribution in [2.24, 2.45) is 12.2 Å². The van der Waals surface area contributed by atoms with Gasteiger partial charge in [-0.05, 0) is 26.0 Å². The maximum absolute atomic E-state index is 13.4. The molecule has 21 heavy (non-hydrogen) atoms. The van der Waals surface area contributed by atoms with Crippen molar-refractivity contribution in [1.82, 2.24) is 9.78 Å². The van der Waals surface area contributed by atoms with E-state index in [2.05, 4.69) is 10.3 Å². The van der Waals surface area contributed by atoms with Crippen molar-refractivity contribution in [3.63, 3.8) is 0 Å². The van der Waals surface area contributed by atoms with Crippen molar-refractivity contribution in [3.8, 4) is 5.75 Å². The molecular weight excluding hydrogens is 297 g/mol. The molecule has 0 atom stereocenters. The van der Waals surface area contributed by atoms with Gasteiger partial charge in [-0.1, -0.05) is 16.8 Å². The van der Waals surface area contributed by atoms with Gasteiger partial charge >= 0.3 is 0 Å². The van der Waals surface area contributed by atoms with Crippen LogP contribution in [0.15, 0.2) is 23.4 Å². The van der Waals surface area contributed by atoms with Gasteiger partial charge in [0.25, 0.3) is 0 Å². The van der Waals surface area contributed by atoms with E-state index in [0.29, 0.717) is 16.4 Å². The third kappa shape index (κ3) is 3.16. The van der Waals surface area contributed by atoms with E-state index in [4.69, 9.17) is 21.5 Å². The summed E-state index contributed by atoms with van der Waals surface area (Å²) in [5, 5.41) is 16.6. The summed E-state index contributed by atoms with van der Waals surface area (Å²) in [6.07, 6.45) is 0. The van der Waals surface area contributed by atoms with Gasteiger partial charge in [-0.2, -0.15) is 5.10 Å². The van der Waals surface area contributed by atoms with Gasteiger partial charge in [0.1, 0.15) is 23.3 Å². The number of hydrogen-bond acceptors (Lipinski definition) is 4. The quantitative estimate of drug-likeness (QED) is 0.535. The molecule has 2 rings (SSSR count). The summed E-state index contributed by atoms with van der Waals surface area (Å²) in [6.45, 7) is 3.56. The second-order valence-electron chi connectivity index (χ2n) is 4.59. The monoisotopic (exact) mass is 311 g/mol. The number of nitrogens with zero attached hydrogens (tertiary/aromatic N) is 3. The van der Waals surface area contributed by atoms with Crippen molar-refractivity contribution in [2.45, 2.75) is 20.5 Å². The average molecular weight is 312 g/mol. The first kappa shape index (κ1) is 15.3. The second-order valence-corrected chi connectivity index (χ2v) is 4.95. The standard InChI is InChI=1S/C14H15ClFN3O2/c1-8-12(14(15)19(3)17-8)7-21-13-6-10(16)4-5-11(13)9(2)18-20/h4-6,20H,7H2,1-3H3/b18-9-. The summed E-state index contributed by atoms with van der Waals surface area (Å²) < 4.78 is 20.6. The Kier molecular flexibility index (Phi) is 4.47. The zero-order valence-electron chi connectivity index (χ0n) is 11.9. The number of halogens is 2. The number of aryl methyl sites for hydroxylation is 2. The summed E-state index contributed by atoms with van der Waals surface area (Å²) in [5.74, 6) is -0.155. The lowest BCUT2D eigenvalue weighted by molar-refractivity contribution is 0.301.